The highest BCUT2D eigenvalue weighted by molar-refractivity contribution is 6.30. The van der Waals surface area contributed by atoms with Crippen molar-refractivity contribution in [2.24, 2.45) is 5.92 Å². The third kappa shape index (κ3) is 6.01. The molecular formula is C30H33ClN8O2. The summed E-state index contributed by atoms with van der Waals surface area (Å²) in [7, 11) is 0. The molecule has 11 heteroatoms. The van der Waals surface area contributed by atoms with Gasteiger partial charge in [0.05, 0.1) is 28.5 Å². The summed E-state index contributed by atoms with van der Waals surface area (Å²) in [5, 5.41) is 26.1. The van der Waals surface area contributed by atoms with E-state index in [0.717, 1.165) is 25.9 Å². The number of rotatable bonds is 8. The summed E-state index contributed by atoms with van der Waals surface area (Å²) in [6.45, 7) is 7.87. The highest BCUT2D eigenvalue weighted by atomic mass is 35.5. The maximum absolute atomic E-state index is 13.1. The van der Waals surface area contributed by atoms with Crippen LogP contribution in [0.25, 0.3) is 11.1 Å². The second-order valence-corrected chi connectivity index (χ2v) is 11.2. The molecule has 0 spiro atoms. The van der Waals surface area contributed by atoms with Crippen LogP contribution in [0.5, 0.6) is 5.75 Å². The molecule has 0 radical (unpaired) electrons. The number of aromatic nitrogens is 3. The Morgan fingerprint density at radius 2 is 2.02 bits per heavy atom. The number of amides is 1. The van der Waals surface area contributed by atoms with Gasteiger partial charge in [0.25, 0.3) is 5.91 Å². The van der Waals surface area contributed by atoms with Crippen LogP contribution < -0.4 is 20.3 Å². The first kappa shape index (κ1) is 28.5. The van der Waals surface area contributed by atoms with Crippen molar-refractivity contribution in [3.63, 3.8) is 0 Å². The molecule has 0 bridgehead atoms. The zero-order valence-electron chi connectivity index (χ0n) is 23.4. The molecule has 2 aromatic heterocycles. The largest absolute Gasteiger partial charge is 0.479 e. The van der Waals surface area contributed by atoms with Crippen LogP contribution in [-0.4, -0.2) is 52.3 Å². The molecule has 1 saturated heterocycles. The Morgan fingerprint density at radius 3 is 2.68 bits per heavy atom. The van der Waals surface area contributed by atoms with E-state index in [4.69, 9.17) is 26.7 Å². The van der Waals surface area contributed by atoms with E-state index >= 15 is 0 Å². The van der Waals surface area contributed by atoms with Gasteiger partial charge in [0, 0.05) is 35.8 Å². The third-order valence-corrected chi connectivity index (χ3v) is 7.47. The van der Waals surface area contributed by atoms with Crippen LogP contribution in [0, 0.1) is 22.7 Å². The minimum absolute atomic E-state index is 0.156. The minimum Gasteiger partial charge on any atom is -0.479 e. The van der Waals surface area contributed by atoms with E-state index in [9.17, 15) is 10.1 Å². The van der Waals surface area contributed by atoms with Crippen LogP contribution in [0.4, 0.5) is 11.5 Å². The first-order chi connectivity index (χ1) is 19.8. The summed E-state index contributed by atoms with van der Waals surface area (Å²) in [6.07, 6.45) is 6.04. The molecule has 0 saturated carbocycles. The van der Waals surface area contributed by atoms with Crippen molar-refractivity contribution in [1.82, 2.24) is 20.3 Å². The number of carbonyl (C=O) groups is 1. The summed E-state index contributed by atoms with van der Waals surface area (Å²) in [6, 6.07) is 8.10. The molecule has 3 N–H and O–H groups in total. The number of carbonyl (C=O) groups excluding carboxylic acids is 1. The maximum atomic E-state index is 13.1. The number of nitriles is 1. The number of hydrogen-bond donors (Lipinski definition) is 3. The SMILES string of the molecule is CC(C)Cc1nc(NC2CCNCC2)c(C=N)c(-c2ccc3c(c2)OC(C)C(=O)N3Cc2ncc(Cl)cn2)c1C#N. The lowest BCUT2D eigenvalue weighted by Crippen LogP contribution is -2.44. The van der Waals surface area contributed by atoms with Crippen LogP contribution in [0.3, 0.4) is 0 Å². The number of piperidine rings is 1. The molecule has 0 aliphatic carbocycles. The van der Waals surface area contributed by atoms with Gasteiger partial charge >= 0.3 is 0 Å². The van der Waals surface area contributed by atoms with Crippen LogP contribution in [-0.2, 0) is 17.8 Å². The summed E-state index contributed by atoms with van der Waals surface area (Å²) in [5.74, 6) is 1.63. The fourth-order valence-electron chi connectivity index (χ4n) is 5.30. The van der Waals surface area contributed by atoms with Crippen molar-refractivity contribution in [2.45, 2.75) is 58.7 Å². The zero-order valence-corrected chi connectivity index (χ0v) is 24.1. The molecule has 1 atom stereocenters. The maximum Gasteiger partial charge on any atom is 0.268 e. The fraction of sp³-hybridized carbons (Fsp3) is 0.400. The summed E-state index contributed by atoms with van der Waals surface area (Å²) in [5.41, 5.74) is 3.62. The molecule has 3 aromatic rings. The Hall–Kier alpha value is -4.07. The van der Waals surface area contributed by atoms with Gasteiger partial charge in [0.15, 0.2) is 6.10 Å². The summed E-state index contributed by atoms with van der Waals surface area (Å²) < 4.78 is 6.06. The molecule has 4 heterocycles. The van der Waals surface area contributed by atoms with Crippen molar-refractivity contribution in [1.29, 1.82) is 10.7 Å². The predicted octanol–water partition coefficient (Wildman–Crippen LogP) is 4.74. The lowest BCUT2D eigenvalue weighted by Gasteiger charge is -2.33. The average Bonchev–Trinajstić information content (AvgIpc) is 2.96. The first-order valence-electron chi connectivity index (χ1n) is 13.8. The normalized spacial score (nSPS) is 17.1. The van der Waals surface area contributed by atoms with Crippen molar-refractivity contribution in [3.8, 4) is 22.9 Å². The van der Waals surface area contributed by atoms with Crippen LogP contribution in [0.1, 0.15) is 56.3 Å². The van der Waals surface area contributed by atoms with Gasteiger partial charge in [0.1, 0.15) is 23.5 Å². The van der Waals surface area contributed by atoms with Crippen molar-refractivity contribution >= 4 is 35.2 Å². The van der Waals surface area contributed by atoms with Gasteiger partial charge in [-0.1, -0.05) is 31.5 Å². The Morgan fingerprint density at radius 1 is 1.29 bits per heavy atom. The standard InChI is InChI=1S/C30H33ClN8O2/c1-17(2)10-24-22(12-32)28(23(13-33)29(38-24)37-21-6-8-34-9-7-21)19-4-5-25-26(11-19)41-18(3)30(40)39(25)16-27-35-14-20(31)15-36-27/h4-5,11,13-15,17-18,21,33-34H,6-10,16H2,1-3H3,(H,37,38). The molecule has 2 aliphatic rings. The number of benzene rings is 1. The van der Waals surface area contributed by atoms with Crippen LogP contribution in [0.15, 0.2) is 30.6 Å². The van der Waals surface area contributed by atoms with Crippen molar-refractivity contribution in [2.75, 3.05) is 23.3 Å². The quantitative estimate of drug-likeness (QED) is 0.329. The molecule has 5 rings (SSSR count). The number of hydrogen-bond acceptors (Lipinski definition) is 9. The van der Waals surface area contributed by atoms with Crippen molar-refractivity contribution in [3.05, 3.63) is 58.3 Å². The second kappa shape index (κ2) is 12.2. The number of anilines is 2. The topological polar surface area (TPSA) is 140 Å². The van der Waals surface area contributed by atoms with Gasteiger partial charge in [0.2, 0.25) is 0 Å². The first-order valence-corrected chi connectivity index (χ1v) is 14.2. The van der Waals surface area contributed by atoms with Gasteiger partial charge in [-0.3, -0.25) is 9.69 Å². The van der Waals surface area contributed by atoms with Gasteiger partial charge in [-0.2, -0.15) is 5.26 Å². The molecular weight excluding hydrogens is 540 g/mol. The Kier molecular flexibility index (Phi) is 8.47. The molecule has 1 amide bonds. The Balaban J connectivity index is 1.61. The Bertz CT molecular complexity index is 1500. The fourth-order valence-corrected chi connectivity index (χ4v) is 5.40. The molecule has 41 heavy (non-hydrogen) atoms. The highest BCUT2D eigenvalue weighted by Crippen LogP contribution is 2.41. The van der Waals surface area contributed by atoms with Gasteiger partial charge < -0.3 is 20.8 Å². The van der Waals surface area contributed by atoms with E-state index in [1.165, 1.54) is 18.6 Å². The Labute approximate surface area is 244 Å². The van der Waals surface area contributed by atoms with Crippen molar-refractivity contribution < 1.29 is 9.53 Å². The van der Waals surface area contributed by atoms with Gasteiger partial charge in [-0.15, -0.1) is 0 Å². The molecule has 10 nitrogen and oxygen atoms in total. The van der Waals surface area contributed by atoms with E-state index < -0.39 is 6.10 Å². The van der Waals surface area contributed by atoms with E-state index in [2.05, 4.69) is 40.5 Å². The molecule has 1 unspecified atom stereocenters. The lowest BCUT2D eigenvalue weighted by atomic mass is 9.91. The number of nitrogens with one attached hydrogen (secondary N) is 3. The molecule has 1 aromatic carbocycles. The lowest BCUT2D eigenvalue weighted by molar-refractivity contribution is -0.125. The number of nitrogens with zero attached hydrogens (tertiary/aromatic N) is 5. The van der Waals surface area contributed by atoms with E-state index in [-0.39, 0.29) is 24.4 Å². The smallest absolute Gasteiger partial charge is 0.268 e. The zero-order chi connectivity index (χ0) is 29.1. The number of halogens is 1. The minimum atomic E-state index is -0.728. The number of fused-ring (bicyclic) bond motifs is 1. The van der Waals surface area contributed by atoms with Gasteiger partial charge in [-0.05, 0) is 62.9 Å². The van der Waals surface area contributed by atoms with E-state index in [1.54, 1.807) is 11.8 Å². The summed E-state index contributed by atoms with van der Waals surface area (Å²) in [4.78, 5) is 28.1. The highest BCUT2D eigenvalue weighted by Gasteiger charge is 2.33. The molecule has 212 valence electrons. The van der Waals surface area contributed by atoms with Crippen LogP contribution in [0.2, 0.25) is 5.02 Å². The average molecular weight is 573 g/mol. The summed E-state index contributed by atoms with van der Waals surface area (Å²) >= 11 is 5.94. The van der Waals surface area contributed by atoms with Gasteiger partial charge in [-0.25, -0.2) is 15.0 Å². The predicted molar refractivity (Wildman–Crippen MR) is 159 cm³/mol. The molecule has 1 fully saturated rings. The number of pyridine rings is 1. The third-order valence-electron chi connectivity index (χ3n) is 7.28. The monoisotopic (exact) mass is 572 g/mol. The molecule has 2 aliphatic heterocycles. The number of ether oxygens (including phenoxy) is 1. The van der Waals surface area contributed by atoms with E-state index in [1.807, 2.05) is 18.2 Å². The van der Waals surface area contributed by atoms with Crippen LogP contribution >= 0.6 is 11.6 Å². The second-order valence-electron chi connectivity index (χ2n) is 10.8. The van der Waals surface area contributed by atoms with E-state index in [0.29, 0.717) is 62.5 Å².